The summed E-state index contributed by atoms with van der Waals surface area (Å²) >= 11 is 1.36. The Morgan fingerprint density at radius 2 is 1.84 bits per heavy atom. The van der Waals surface area contributed by atoms with Crippen molar-refractivity contribution in [3.05, 3.63) is 65.8 Å². The number of hydrogen-bond acceptors (Lipinski definition) is 11. The second kappa shape index (κ2) is 9.33. The van der Waals surface area contributed by atoms with Crippen molar-refractivity contribution in [3.63, 3.8) is 0 Å². The first-order valence-electron chi connectivity index (χ1n) is 12.8. The van der Waals surface area contributed by atoms with Crippen molar-refractivity contribution in [2.24, 2.45) is 11.1 Å². The van der Waals surface area contributed by atoms with E-state index in [9.17, 15) is 0 Å². The summed E-state index contributed by atoms with van der Waals surface area (Å²) in [5.41, 5.74) is 17.0. The molecule has 1 aliphatic carbocycles. The lowest BCUT2D eigenvalue weighted by Crippen LogP contribution is -2.45. The van der Waals surface area contributed by atoms with Crippen LogP contribution in [0.5, 0.6) is 0 Å². The molecule has 0 saturated carbocycles. The lowest BCUT2D eigenvalue weighted by Gasteiger charge is -2.43. The van der Waals surface area contributed by atoms with Crippen LogP contribution in [0.15, 0.2) is 63.5 Å². The van der Waals surface area contributed by atoms with Crippen molar-refractivity contribution in [1.82, 2.24) is 24.9 Å². The number of rotatable bonds is 5. The standard InChI is InChI=1S/C27H28N8O2S/c28-21-18-4-2-1-3-16(18)13-27(21)6-10-35(11-7-27)24-20(17-14-36-15-17)33-26(22(29)34-24)38-19-5-8-30-23(32-19)25-31-9-12-37-25/h1-5,8-9,12,17,21H,6-7,10-11,13-15,28H2,(H2,29,34)/t21-/m1/s1. The number of nitrogens with two attached hydrogens (primary N) is 2. The molecule has 1 spiro atoms. The van der Waals surface area contributed by atoms with E-state index in [4.69, 9.17) is 30.6 Å². The fourth-order valence-electron chi connectivity index (χ4n) is 5.82. The number of oxazole rings is 1. The van der Waals surface area contributed by atoms with Gasteiger partial charge in [0.05, 0.1) is 31.0 Å². The molecule has 0 bridgehead atoms. The average molecular weight is 529 g/mol. The van der Waals surface area contributed by atoms with Crippen LogP contribution in [-0.2, 0) is 11.2 Å². The van der Waals surface area contributed by atoms with Crippen LogP contribution in [0.2, 0.25) is 0 Å². The third-order valence-electron chi connectivity index (χ3n) is 8.03. The van der Waals surface area contributed by atoms with Crippen molar-refractivity contribution in [2.45, 2.75) is 41.3 Å². The molecule has 0 unspecified atom stereocenters. The number of ether oxygens (including phenoxy) is 1. The predicted molar refractivity (Wildman–Crippen MR) is 143 cm³/mol. The first-order valence-corrected chi connectivity index (χ1v) is 13.7. The third-order valence-corrected chi connectivity index (χ3v) is 8.96. The Morgan fingerprint density at radius 1 is 1.00 bits per heavy atom. The number of anilines is 2. The van der Waals surface area contributed by atoms with Crippen molar-refractivity contribution in [3.8, 4) is 11.7 Å². The van der Waals surface area contributed by atoms with E-state index in [1.807, 2.05) is 6.07 Å². The molecule has 5 heterocycles. The molecular formula is C27H28N8O2S. The summed E-state index contributed by atoms with van der Waals surface area (Å²) in [7, 11) is 0. The summed E-state index contributed by atoms with van der Waals surface area (Å²) in [4.78, 5) is 25.2. The summed E-state index contributed by atoms with van der Waals surface area (Å²) in [5, 5.41) is 1.31. The van der Waals surface area contributed by atoms with E-state index < -0.39 is 0 Å². The Morgan fingerprint density at radius 3 is 2.58 bits per heavy atom. The van der Waals surface area contributed by atoms with Gasteiger partial charge in [0.2, 0.25) is 5.82 Å². The Balaban J connectivity index is 1.14. The van der Waals surface area contributed by atoms with Gasteiger partial charge in [0.15, 0.2) is 11.6 Å². The van der Waals surface area contributed by atoms with Crippen LogP contribution in [-0.4, -0.2) is 51.2 Å². The number of benzene rings is 1. The van der Waals surface area contributed by atoms with E-state index in [2.05, 4.69) is 44.1 Å². The van der Waals surface area contributed by atoms with Gasteiger partial charge in [0, 0.05) is 25.3 Å². The largest absolute Gasteiger partial charge is 0.442 e. The van der Waals surface area contributed by atoms with Gasteiger partial charge < -0.3 is 25.5 Å². The third kappa shape index (κ3) is 4.01. The maximum absolute atomic E-state index is 6.80. The van der Waals surface area contributed by atoms with Crippen LogP contribution in [0.3, 0.4) is 0 Å². The molecule has 10 nitrogen and oxygen atoms in total. The molecular weight excluding hydrogens is 500 g/mol. The number of aromatic nitrogens is 5. The maximum atomic E-state index is 6.80. The molecule has 7 rings (SSSR count). The molecule has 3 aromatic heterocycles. The van der Waals surface area contributed by atoms with Gasteiger partial charge in [-0.15, -0.1) is 0 Å². The monoisotopic (exact) mass is 528 g/mol. The fourth-order valence-corrected chi connectivity index (χ4v) is 6.57. The van der Waals surface area contributed by atoms with Gasteiger partial charge in [0.25, 0.3) is 5.89 Å². The number of piperidine rings is 1. The van der Waals surface area contributed by atoms with E-state index in [1.54, 1.807) is 12.4 Å². The minimum absolute atomic E-state index is 0.0735. The molecule has 11 heteroatoms. The summed E-state index contributed by atoms with van der Waals surface area (Å²) in [6.07, 6.45) is 7.78. The van der Waals surface area contributed by atoms with Crippen molar-refractivity contribution in [1.29, 1.82) is 0 Å². The highest BCUT2D eigenvalue weighted by Gasteiger charge is 2.46. The second-order valence-corrected chi connectivity index (χ2v) is 11.2. The minimum Gasteiger partial charge on any atom is -0.442 e. The highest BCUT2D eigenvalue weighted by molar-refractivity contribution is 7.99. The Hall–Kier alpha value is -3.54. The molecule has 4 N–H and O–H groups in total. The zero-order valence-electron chi connectivity index (χ0n) is 20.8. The number of hydrogen-bond donors (Lipinski definition) is 2. The molecule has 38 heavy (non-hydrogen) atoms. The normalized spacial score (nSPS) is 20.4. The minimum atomic E-state index is 0.0735. The first kappa shape index (κ1) is 23.6. The Bertz CT molecular complexity index is 1470. The molecule has 3 aliphatic rings. The lowest BCUT2D eigenvalue weighted by atomic mass is 9.73. The fraction of sp³-hybridized carbons (Fsp3) is 0.370. The lowest BCUT2D eigenvalue weighted by molar-refractivity contribution is 0.00650. The van der Waals surface area contributed by atoms with Gasteiger partial charge in [-0.25, -0.2) is 24.9 Å². The van der Waals surface area contributed by atoms with Crippen molar-refractivity contribution >= 4 is 23.4 Å². The van der Waals surface area contributed by atoms with Gasteiger partial charge in [-0.2, -0.15) is 0 Å². The molecule has 4 aromatic rings. The zero-order chi connectivity index (χ0) is 25.7. The van der Waals surface area contributed by atoms with Gasteiger partial charge in [-0.05, 0) is 53.6 Å². The number of nitrogens with zero attached hydrogens (tertiary/aromatic N) is 6. The van der Waals surface area contributed by atoms with Crippen molar-refractivity contribution < 1.29 is 9.15 Å². The van der Waals surface area contributed by atoms with E-state index in [1.165, 1.54) is 29.2 Å². The van der Waals surface area contributed by atoms with Crippen LogP contribution in [0.4, 0.5) is 11.6 Å². The van der Waals surface area contributed by atoms with E-state index in [0.717, 1.165) is 43.9 Å². The SMILES string of the molecule is Nc1nc(N2CCC3(CC2)Cc2ccccc2[C@H]3N)c(C2COC2)nc1Sc1ccnc(-c2ncco2)n1. The molecule has 2 fully saturated rings. The van der Waals surface area contributed by atoms with E-state index in [0.29, 0.717) is 40.8 Å². The summed E-state index contributed by atoms with van der Waals surface area (Å²) in [6, 6.07) is 10.5. The van der Waals surface area contributed by atoms with Gasteiger partial charge in [-0.1, -0.05) is 24.3 Å². The van der Waals surface area contributed by atoms with Crippen LogP contribution >= 0.6 is 11.8 Å². The number of nitrogen functional groups attached to an aromatic ring is 1. The first-order chi connectivity index (χ1) is 18.6. The van der Waals surface area contributed by atoms with Gasteiger partial charge >= 0.3 is 0 Å². The summed E-state index contributed by atoms with van der Waals surface area (Å²) in [5.74, 6) is 2.21. The van der Waals surface area contributed by atoms with Crippen LogP contribution in [0.1, 0.15) is 41.6 Å². The molecule has 194 valence electrons. The van der Waals surface area contributed by atoms with E-state index >= 15 is 0 Å². The molecule has 0 radical (unpaired) electrons. The number of fused-ring (bicyclic) bond motifs is 1. The quantitative estimate of drug-likeness (QED) is 0.367. The van der Waals surface area contributed by atoms with Crippen molar-refractivity contribution in [2.75, 3.05) is 36.9 Å². The Kier molecular flexibility index (Phi) is 5.79. The van der Waals surface area contributed by atoms with Gasteiger partial charge in [-0.3, -0.25) is 0 Å². The highest BCUT2D eigenvalue weighted by atomic mass is 32.2. The summed E-state index contributed by atoms with van der Waals surface area (Å²) < 4.78 is 10.9. The maximum Gasteiger partial charge on any atom is 0.264 e. The second-order valence-electron chi connectivity index (χ2n) is 10.2. The van der Waals surface area contributed by atoms with E-state index in [-0.39, 0.29) is 17.4 Å². The van der Waals surface area contributed by atoms with Crippen LogP contribution in [0.25, 0.3) is 11.7 Å². The zero-order valence-corrected chi connectivity index (χ0v) is 21.6. The smallest absolute Gasteiger partial charge is 0.264 e. The Labute approximate surface area is 224 Å². The molecule has 2 saturated heterocycles. The predicted octanol–water partition coefficient (Wildman–Crippen LogP) is 3.61. The molecule has 1 aromatic carbocycles. The van der Waals surface area contributed by atoms with Gasteiger partial charge in [0.1, 0.15) is 16.3 Å². The average Bonchev–Trinajstić information content (AvgIpc) is 3.53. The topological polar surface area (TPSA) is 142 Å². The summed E-state index contributed by atoms with van der Waals surface area (Å²) in [6.45, 7) is 3.01. The molecule has 2 aliphatic heterocycles. The van der Waals surface area contributed by atoms with Crippen LogP contribution in [0, 0.1) is 5.41 Å². The molecule has 0 amide bonds. The molecule has 1 atom stereocenters. The highest BCUT2D eigenvalue weighted by Crippen LogP contribution is 2.51. The van der Waals surface area contributed by atoms with Crippen LogP contribution < -0.4 is 16.4 Å².